The molecular formula is C20H16N2O5. The second-order valence-electron chi connectivity index (χ2n) is 5.43. The van der Waals surface area contributed by atoms with Gasteiger partial charge in [0.1, 0.15) is 0 Å². The monoisotopic (exact) mass is 364 g/mol. The van der Waals surface area contributed by atoms with Gasteiger partial charge < -0.3 is 14.0 Å². The summed E-state index contributed by atoms with van der Waals surface area (Å²) in [5.74, 6) is -0.327. The van der Waals surface area contributed by atoms with Crippen molar-refractivity contribution in [3.63, 3.8) is 0 Å². The minimum atomic E-state index is -0.550. The van der Waals surface area contributed by atoms with Crippen molar-refractivity contribution in [1.82, 2.24) is 10.1 Å². The predicted molar refractivity (Wildman–Crippen MR) is 96.3 cm³/mol. The van der Waals surface area contributed by atoms with Crippen molar-refractivity contribution in [2.45, 2.75) is 6.61 Å². The lowest BCUT2D eigenvalue weighted by Crippen LogP contribution is -2.01. The number of methoxy groups -OCH3 is 1. The summed E-state index contributed by atoms with van der Waals surface area (Å²) >= 11 is 0. The quantitative estimate of drug-likeness (QED) is 0.489. The van der Waals surface area contributed by atoms with E-state index in [2.05, 4.69) is 14.9 Å². The standard InChI is InChI=1S/C20H16N2O5/c1-25-20(24)16-10-7-14(8-11-16)9-12-18(23)26-13-17-21-19(22-27-17)15-5-3-2-4-6-15/h2-12H,13H2,1H3. The van der Waals surface area contributed by atoms with E-state index in [0.29, 0.717) is 11.4 Å². The second kappa shape index (κ2) is 8.57. The maximum atomic E-state index is 11.8. The van der Waals surface area contributed by atoms with E-state index in [0.717, 1.165) is 11.1 Å². The maximum absolute atomic E-state index is 11.8. The van der Waals surface area contributed by atoms with Crippen LogP contribution in [0.4, 0.5) is 0 Å². The molecule has 0 aliphatic rings. The van der Waals surface area contributed by atoms with Gasteiger partial charge in [-0.25, -0.2) is 9.59 Å². The van der Waals surface area contributed by atoms with E-state index in [1.165, 1.54) is 13.2 Å². The third kappa shape index (κ3) is 4.88. The molecule has 0 N–H and O–H groups in total. The first-order chi connectivity index (χ1) is 13.2. The average molecular weight is 364 g/mol. The Hall–Kier alpha value is -3.74. The van der Waals surface area contributed by atoms with Crippen molar-refractivity contribution in [3.8, 4) is 11.4 Å². The fourth-order valence-electron chi connectivity index (χ4n) is 2.21. The van der Waals surface area contributed by atoms with Gasteiger partial charge in [0.15, 0.2) is 6.61 Å². The molecule has 2 aromatic carbocycles. The van der Waals surface area contributed by atoms with Gasteiger partial charge in [0.25, 0.3) is 5.89 Å². The molecule has 0 amide bonds. The Morgan fingerprint density at radius 2 is 1.81 bits per heavy atom. The third-order valence-corrected chi connectivity index (χ3v) is 3.58. The highest BCUT2D eigenvalue weighted by Crippen LogP contribution is 2.15. The minimum Gasteiger partial charge on any atom is -0.465 e. The molecule has 0 saturated heterocycles. The molecule has 0 aliphatic carbocycles. The lowest BCUT2D eigenvalue weighted by Gasteiger charge is -1.99. The lowest BCUT2D eigenvalue weighted by atomic mass is 10.1. The van der Waals surface area contributed by atoms with Gasteiger partial charge in [-0.15, -0.1) is 0 Å². The number of carbonyl (C=O) groups is 2. The fourth-order valence-corrected chi connectivity index (χ4v) is 2.21. The van der Waals surface area contributed by atoms with Crippen LogP contribution in [0.25, 0.3) is 17.5 Å². The zero-order chi connectivity index (χ0) is 19.1. The summed E-state index contributed by atoms with van der Waals surface area (Å²) in [4.78, 5) is 27.4. The second-order valence-corrected chi connectivity index (χ2v) is 5.43. The Labute approximate surface area is 155 Å². The smallest absolute Gasteiger partial charge is 0.337 e. The molecule has 1 heterocycles. The fraction of sp³-hybridized carbons (Fsp3) is 0.100. The molecule has 1 aromatic heterocycles. The van der Waals surface area contributed by atoms with Gasteiger partial charge in [-0.3, -0.25) is 0 Å². The van der Waals surface area contributed by atoms with E-state index in [1.807, 2.05) is 30.3 Å². The summed E-state index contributed by atoms with van der Waals surface area (Å²) in [5.41, 5.74) is 1.99. The van der Waals surface area contributed by atoms with E-state index < -0.39 is 11.9 Å². The first-order valence-electron chi connectivity index (χ1n) is 8.07. The molecule has 0 fully saturated rings. The molecule has 0 spiro atoms. The van der Waals surface area contributed by atoms with Gasteiger partial charge in [0.2, 0.25) is 5.82 Å². The van der Waals surface area contributed by atoms with Crippen LogP contribution in [-0.4, -0.2) is 29.2 Å². The SMILES string of the molecule is COC(=O)c1ccc(C=CC(=O)OCc2nc(-c3ccccc3)no2)cc1. The average Bonchev–Trinajstić information content (AvgIpc) is 3.20. The highest BCUT2D eigenvalue weighted by molar-refractivity contribution is 5.90. The molecule has 0 saturated carbocycles. The van der Waals surface area contributed by atoms with E-state index in [-0.39, 0.29) is 12.5 Å². The molecule has 27 heavy (non-hydrogen) atoms. The normalized spacial score (nSPS) is 10.7. The van der Waals surface area contributed by atoms with Crippen LogP contribution in [0.5, 0.6) is 0 Å². The summed E-state index contributed by atoms with van der Waals surface area (Å²) in [6.45, 7) is -0.121. The molecular weight excluding hydrogens is 348 g/mol. The molecule has 7 nitrogen and oxygen atoms in total. The van der Waals surface area contributed by atoms with Crippen molar-refractivity contribution in [2.75, 3.05) is 7.11 Å². The predicted octanol–water partition coefficient (Wildman–Crippen LogP) is 3.28. The van der Waals surface area contributed by atoms with Crippen LogP contribution >= 0.6 is 0 Å². The highest BCUT2D eigenvalue weighted by Gasteiger charge is 2.10. The van der Waals surface area contributed by atoms with Gasteiger partial charge in [0.05, 0.1) is 12.7 Å². The molecule has 0 aliphatic heterocycles. The Kier molecular flexibility index (Phi) is 5.73. The number of ether oxygens (including phenoxy) is 2. The van der Waals surface area contributed by atoms with E-state index in [9.17, 15) is 9.59 Å². The van der Waals surface area contributed by atoms with Gasteiger partial charge in [0, 0.05) is 11.6 Å². The third-order valence-electron chi connectivity index (χ3n) is 3.58. The van der Waals surface area contributed by atoms with Crippen LogP contribution in [0, 0.1) is 0 Å². The molecule has 3 rings (SSSR count). The molecule has 0 atom stereocenters. The van der Waals surface area contributed by atoms with Crippen molar-refractivity contribution >= 4 is 18.0 Å². The lowest BCUT2D eigenvalue weighted by molar-refractivity contribution is -0.139. The van der Waals surface area contributed by atoms with Crippen LogP contribution < -0.4 is 0 Å². The molecule has 0 bridgehead atoms. The summed E-state index contributed by atoms with van der Waals surface area (Å²) in [5, 5.41) is 3.85. The van der Waals surface area contributed by atoms with Crippen molar-refractivity contribution < 1.29 is 23.6 Å². The zero-order valence-corrected chi connectivity index (χ0v) is 14.5. The van der Waals surface area contributed by atoms with Gasteiger partial charge in [-0.1, -0.05) is 47.6 Å². The Morgan fingerprint density at radius 1 is 1.07 bits per heavy atom. The van der Waals surface area contributed by atoms with Gasteiger partial charge in [-0.2, -0.15) is 4.98 Å². The Balaban J connectivity index is 1.53. The number of hydrogen-bond acceptors (Lipinski definition) is 7. The Morgan fingerprint density at radius 3 is 2.52 bits per heavy atom. The maximum Gasteiger partial charge on any atom is 0.337 e. The zero-order valence-electron chi connectivity index (χ0n) is 14.5. The summed E-state index contributed by atoms with van der Waals surface area (Å²) < 4.78 is 14.8. The van der Waals surface area contributed by atoms with E-state index in [1.54, 1.807) is 30.3 Å². The Bertz CT molecular complexity index is 946. The van der Waals surface area contributed by atoms with Crippen LogP contribution in [0.1, 0.15) is 21.8 Å². The molecule has 0 radical (unpaired) electrons. The van der Waals surface area contributed by atoms with Gasteiger partial charge in [-0.05, 0) is 23.8 Å². The number of nitrogens with zero attached hydrogens (tertiary/aromatic N) is 2. The number of aromatic nitrogens is 2. The topological polar surface area (TPSA) is 91.5 Å². The molecule has 7 heteroatoms. The van der Waals surface area contributed by atoms with Crippen LogP contribution in [0.15, 0.2) is 65.2 Å². The van der Waals surface area contributed by atoms with Crippen molar-refractivity contribution in [3.05, 3.63) is 77.7 Å². The first kappa shape index (κ1) is 18.1. The molecule has 3 aromatic rings. The van der Waals surface area contributed by atoms with Crippen LogP contribution in [-0.2, 0) is 20.9 Å². The number of esters is 2. The largest absolute Gasteiger partial charge is 0.465 e. The van der Waals surface area contributed by atoms with E-state index in [4.69, 9.17) is 9.26 Å². The highest BCUT2D eigenvalue weighted by atomic mass is 16.6. The van der Waals surface area contributed by atoms with Crippen molar-refractivity contribution in [2.24, 2.45) is 0 Å². The van der Waals surface area contributed by atoms with E-state index >= 15 is 0 Å². The van der Waals surface area contributed by atoms with Crippen LogP contribution in [0.3, 0.4) is 0 Å². The number of carbonyl (C=O) groups excluding carboxylic acids is 2. The van der Waals surface area contributed by atoms with Gasteiger partial charge >= 0.3 is 11.9 Å². The minimum absolute atomic E-state index is 0.121. The number of benzene rings is 2. The summed E-state index contributed by atoms with van der Waals surface area (Å²) in [7, 11) is 1.32. The molecule has 0 unspecified atom stereocenters. The first-order valence-corrected chi connectivity index (χ1v) is 8.07. The summed E-state index contributed by atoms with van der Waals surface area (Å²) in [6, 6.07) is 16.0. The van der Waals surface area contributed by atoms with Crippen LogP contribution in [0.2, 0.25) is 0 Å². The van der Waals surface area contributed by atoms with Crippen molar-refractivity contribution in [1.29, 1.82) is 0 Å². The summed E-state index contributed by atoms with van der Waals surface area (Å²) in [6.07, 6.45) is 2.86. The number of rotatable bonds is 6. The molecule has 136 valence electrons. The number of hydrogen-bond donors (Lipinski definition) is 0.